The van der Waals surface area contributed by atoms with Crippen LogP contribution < -0.4 is 10.2 Å². The minimum atomic E-state index is -0.292. The summed E-state index contributed by atoms with van der Waals surface area (Å²) in [5.74, 6) is 0.162. The smallest absolute Gasteiger partial charge is 0.223 e. The maximum absolute atomic E-state index is 13.1. The highest BCUT2D eigenvalue weighted by atomic mass is 16.1. The molecule has 0 aliphatic carbocycles. The van der Waals surface area contributed by atoms with E-state index in [2.05, 4.69) is 65.7 Å². The SMILES string of the molecule is CC(CNC(=O)C1CCN(c2ccc(C=O)cc2)CC1)(c1ccccc1)c1ccccc1. The lowest BCUT2D eigenvalue weighted by molar-refractivity contribution is -0.125. The number of amides is 1. The molecule has 4 rings (SSSR count). The second-order valence-corrected chi connectivity index (χ2v) is 8.75. The number of aldehydes is 1. The fourth-order valence-electron chi connectivity index (χ4n) is 4.55. The summed E-state index contributed by atoms with van der Waals surface area (Å²) in [6.07, 6.45) is 2.52. The van der Waals surface area contributed by atoms with Gasteiger partial charge in [-0.2, -0.15) is 0 Å². The molecule has 1 saturated heterocycles. The molecule has 4 nitrogen and oxygen atoms in total. The fraction of sp³-hybridized carbons (Fsp3) is 0.286. The van der Waals surface area contributed by atoms with Gasteiger partial charge < -0.3 is 10.2 Å². The maximum atomic E-state index is 13.1. The van der Waals surface area contributed by atoms with Gasteiger partial charge in [-0.15, -0.1) is 0 Å². The van der Waals surface area contributed by atoms with E-state index in [1.165, 1.54) is 11.1 Å². The minimum absolute atomic E-state index is 0.0243. The van der Waals surface area contributed by atoms with Crippen LogP contribution in [0.2, 0.25) is 0 Å². The van der Waals surface area contributed by atoms with E-state index in [1.54, 1.807) is 0 Å². The highest BCUT2D eigenvalue weighted by molar-refractivity contribution is 5.79. The largest absolute Gasteiger partial charge is 0.371 e. The van der Waals surface area contributed by atoms with Gasteiger partial charge in [0.1, 0.15) is 6.29 Å². The maximum Gasteiger partial charge on any atom is 0.223 e. The summed E-state index contributed by atoms with van der Waals surface area (Å²) in [7, 11) is 0. The van der Waals surface area contributed by atoms with Crippen molar-refractivity contribution >= 4 is 17.9 Å². The lowest BCUT2D eigenvalue weighted by Gasteiger charge is -2.35. The first-order chi connectivity index (χ1) is 15.6. The Morgan fingerprint density at radius 3 is 1.94 bits per heavy atom. The molecule has 1 heterocycles. The van der Waals surface area contributed by atoms with Crippen LogP contribution in [-0.4, -0.2) is 31.8 Å². The Bertz CT molecular complexity index is 985. The average molecular weight is 427 g/mol. The van der Waals surface area contributed by atoms with E-state index in [4.69, 9.17) is 0 Å². The molecule has 0 unspecified atom stereocenters. The molecule has 1 amide bonds. The van der Waals surface area contributed by atoms with E-state index < -0.39 is 0 Å². The summed E-state index contributed by atoms with van der Waals surface area (Å²) in [4.78, 5) is 26.2. The molecule has 1 aliphatic heterocycles. The van der Waals surface area contributed by atoms with Gasteiger partial charge in [-0.05, 0) is 55.2 Å². The van der Waals surface area contributed by atoms with E-state index in [9.17, 15) is 9.59 Å². The van der Waals surface area contributed by atoms with Crippen LogP contribution in [-0.2, 0) is 10.2 Å². The monoisotopic (exact) mass is 426 g/mol. The minimum Gasteiger partial charge on any atom is -0.371 e. The molecule has 3 aromatic carbocycles. The third-order valence-corrected chi connectivity index (χ3v) is 6.70. The van der Waals surface area contributed by atoms with Crippen molar-refractivity contribution in [1.29, 1.82) is 0 Å². The third kappa shape index (κ3) is 4.75. The van der Waals surface area contributed by atoms with Crippen LogP contribution in [0.15, 0.2) is 84.9 Å². The topological polar surface area (TPSA) is 49.4 Å². The Kier molecular flexibility index (Phi) is 6.69. The van der Waals surface area contributed by atoms with Gasteiger partial charge >= 0.3 is 0 Å². The van der Waals surface area contributed by atoms with Crippen molar-refractivity contribution in [3.05, 3.63) is 102 Å². The number of hydrogen-bond acceptors (Lipinski definition) is 3. The van der Waals surface area contributed by atoms with Gasteiger partial charge in [0.05, 0.1) is 0 Å². The number of benzene rings is 3. The van der Waals surface area contributed by atoms with Crippen LogP contribution in [0.5, 0.6) is 0 Å². The van der Waals surface area contributed by atoms with Gasteiger partial charge in [0, 0.05) is 42.2 Å². The van der Waals surface area contributed by atoms with Gasteiger partial charge in [0.2, 0.25) is 5.91 Å². The van der Waals surface area contributed by atoms with Gasteiger partial charge in [-0.3, -0.25) is 9.59 Å². The molecule has 0 saturated carbocycles. The van der Waals surface area contributed by atoms with E-state index in [-0.39, 0.29) is 17.2 Å². The molecule has 0 aromatic heterocycles. The summed E-state index contributed by atoms with van der Waals surface area (Å²) < 4.78 is 0. The number of carbonyl (C=O) groups excluding carboxylic acids is 2. The third-order valence-electron chi connectivity index (χ3n) is 6.70. The Balaban J connectivity index is 1.39. The fourth-order valence-corrected chi connectivity index (χ4v) is 4.55. The molecule has 4 heteroatoms. The van der Waals surface area contributed by atoms with E-state index in [0.717, 1.165) is 37.9 Å². The molecule has 0 spiro atoms. The lowest BCUT2D eigenvalue weighted by Crippen LogP contribution is -2.45. The molecule has 0 bridgehead atoms. The standard InChI is InChI=1S/C28H30N2O2/c1-28(24-8-4-2-5-9-24,25-10-6-3-7-11-25)21-29-27(32)23-16-18-30(19-17-23)26-14-12-22(20-31)13-15-26/h2-15,20,23H,16-19,21H2,1H3,(H,29,32). The molecule has 1 N–H and O–H groups in total. The summed E-state index contributed by atoms with van der Waals surface area (Å²) >= 11 is 0. The average Bonchev–Trinajstić information content (AvgIpc) is 2.88. The molecular formula is C28H30N2O2. The van der Waals surface area contributed by atoms with Crippen LogP contribution in [0, 0.1) is 5.92 Å². The van der Waals surface area contributed by atoms with Crippen LogP contribution in [0.1, 0.15) is 41.3 Å². The Hall–Kier alpha value is -3.40. The zero-order valence-electron chi connectivity index (χ0n) is 18.5. The number of nitrogens with one attached hydrogen (secondary N) is 1. The van der Waals surface area contributed by atoms with Gasteiger partial charge in [-0.25, -0.2) is 0 Å². The van der Waals surface area contributed by atoms with Crippen molar-refractivity contribution in [1.82, 2.24) is 5.32 Å². The summed E-state index contributed by atoms with van der Waals surface area (Å²) in [6, 6.07) is 28.4. The molecule has 0 radical (unpaired) electrons. The van der Waals surface area contributed by atoms with Crippen LogP contribution in [0.4, 0.5) is 5.69 Å². The summed E-state index contributed by atoms with van der Waals surface area (Å²) in [5, 5.41) is 3.26. The van der Waals surface area contributed by atoms with Crippen molar-refractivity contribution in [2.24, 2.45) is 5.92 Å². The van der Waals surface area contributed by atoms with E-state index in [0.29, 0.717) is 12.1 Å². The zero-order chi connectivity index (χ0) is 22.4. The second-order valence-electron chi connectivity index (χ2n) is 8.75. The Morgan fingerprint density at radius 1 is 0.906 bits per heavy atom. The molecule has 0 atom stereocenters. The van der Waals surface area contributed by atoms with Crippen LogP contribution in [0.25, 0.3) is 0 Å². The predicted molar refractivity (Wildman–Crippen MR) is 129 cm³/mol. The zero-order valence-corrected chi connectivity index (χ0v) is 18.5. The Morgan fingerprint density at radius 2 is 1.44 bits per heavy atom. The normalized spacial score (nSPS) is 14.7. The second kappa shape index (κ2) is 9.82. The number of carbonyl (C=O) groups is 2. The number of nitrogens with zero attached hydrogens (tertiary/aromatic N) is 1. The molecule has 164 valence electrons. The van der Waals surface area contributed by atoms with Crippen molar-refractivity contribution < 1.29 is 9.59 Å². The van der Waals surface area contributed by atoms with Crippen molar-refractivity contribution in [2.45, 2.75) is 25.2 Å². The van der Waals surface area contributed by atoms with Crippen molar-refractivity contribution in [2.75, 3.05) is 24.5 Å². The number of anilines is 1. The van der Waals surface area contributed by atoms with Crippen molar-refractivity contribution in [3.63, 3.8) is 0 Å². The van der Waals surface area contributed by atoms with Gasteiger partial charge in [0.25, 0.3) is 0 Å². The summed E-state index contributed by atoms with van der Waals surface area (Å²) in [5.41, 5.74) is 3.89. The van der Waals surface area contributed by atoms with E-state index in [1.807, 2.05) is 36.4 Å². The number of piperidine rings is 1. The molecule has 1 fully saturated rings. The number of hydrogen-bond donors (Lipinski definition) is 1. The molecular weight excluding hydrogens is 396 g/mol. The summed E-state index contributed by atoms with van der Waals surface area (Å²) in [6.45, 7) is 4.44. The first-order valence-corrected chi connectivity index (χ1v) is 11.3. The van der Waals surface area contributed by atoms with Crippen molar-refractivity contribution in [3.8, 4) is 0 Å². The molecule has 3 aromatic rings. The van der Waals surface area contributed by atoms with Gasteiger partial charge in [0.15, 0.2) is 0 Å². The highest BCUT2D eigenvalue weighted by Crippen LogP contribution is 2.31. The van der Waals surface area contributed by atoms with Crippen LogP contribution in [0.3, 0.4) is 0 Å². The van der Waals surface area contributed by atoms with Gasteiger partial charge in [-0.1, -0.05) is 60.7 Å². The lowest BCUT2D eigenvalue weighted by atomic mass is 9.76. The highest BCUT2D eigenvalue weighted by Gasteiger charge is 2.31. The quantitative estimate of drug-likeness (QED) is 0.550. The Labute approximate surface area is 190 Å². The van der Waals surface area contributed by atoms with E-state index >= 15 is 0 Å². The van der Waals surface area contributed by atoms with Crippen LogP contribution >= 0.6 is 0 Å². The molecule has 32 heavy (non-hydrogen) atoms. The first-order valence-electron chi connectivity index (χ1n) is 11.3. The number of rotatable bonds is 7. The first kappa shape index (κ1) is 21.8. The predicted octanol–water partition coefficient (Wildman–Crippen LogP) is 4.84. The molecule has 1 aliphatic rings.